The molecule has 0 saturated carbocycles. The number of imidazole rings is 1. The molecule has 1 rings (SSSR count). The molecule has 0 aromatic carbocycles. The Balaban J connectivity index is 2.76. The molecular formula is C4H6N3. The van der Waals surface area contributed by atoms with Crippen molar-refractivity contribution >= 4 is 0 Å². The highest BCUT2D eigenvalue weighted by atomic mass is 15.4. The highest BCUT2D eigenvalue weighted by Crippen LogP contribution is 1.73. The maximum absolute atomic E-state index is 3.67. The van der Waals surface area contributed by atoms with Crippen molar-refractivity contribution in [2.75, 3.05) is 12.5 Å². The molecule has 0 spiro atoms. The fraction of sp³-hybridized carbons (Fsp3) is 0.250. The summed E-state index contributed by atoms with van der Waals surface area (Å²) in [5, 5.41) is 0. The van der Waals surface area contributed by atoms with E-state index < -0.39 is 0 Å². The standard InChI is InChI=1S/C4H6N3/c1-5-7-3-2-6-4-7/h2-3,5H,1H3. The number of hydrogen-bond acceptors (Lipinski definition) is 2. The predicted molar refractivity (Wildman–Crippen MR) is 26.3 cm³/mol. The van der Waals surface area contributed by atoms with E-state index in [4.69, 9.17) is 0 Å². The third-order valence-corrected chi connectivity index (χ3v) is 0.697. The summed E-state index contributed by atoms with van der Waals surface area (Å²) < 4.78 is 1.64. The van der Waals surface area contributed by atoms with Crippen molar-refractivity contribution in [2.45, 2.75) is 0 Å². The molecule has 3 heteroatoms. The SMILES string of the molecule is CNn1[c]ncc1. The van der Waals surface area contributed by atoms with E-state index in [9.17, 15) is 0 Å². The monoisotopic (exact) mass is 96.1 g/mol. The molecule has 1 aromatic rings. The minimum Gasteiger partial charge on any atom is -0.327 e. The molecule has 0 bridgehead atoms. The molecule has 0 fully saturated rings. The Morgan fingerprint density at radius 1 is 1.86 bits per heavy atom. The third kappa shape index (κ3) is 0.707. The average Bonchev–Trinajstić information content (AvgIpc) is 2.14. The molecular weight excluding hydrogens is 90.1 g/mol. The lowest BCUT2D eigenvalue weighted by Crippen LogP contribution is -2.04. The first-order valence-corrected chi connectivity index (χ1v) is 2.02. The van der Waals surface area contributed by atoms with Crippen molar-refractivity contribution < 1.29 is 0 Å². The van der Waals surface area contributed by atoms with Crippen LogP contribution >= 0.6 is 0 Å². The lowest BCUT2D eigenvalue weighted by atomic mass is 11.0. The van der Waals surface area contributed by atoms with Gasteiger partial charge in [0.25, 0.3) is 0 Å². The highest BCUT2D eigenvalue weighted by Gasteiger charge is 1.76. The summed E-state index contributed by atoms with van der Waals surface area (Å²) in [6.07, 6.45) is 6.08. The van der Waals surface area contributed by atoms with Gasteiger partial charge in [-0.3, -0.25) is 0 Å². The van der Waals surface area contributed by atoms with Crippen LogP contribution in [0.25, 0.3) is 0 Å². The Bertz CT molecular complexity index is 121. The zero-order valence-electron chi connectivity index (χ0n) is 4.05. The van der Waals surface area contributed by atoms with Gasteiger partial charge in [-0.05, 0) is 0 Å². The normalized spacial score (nSPS) is 8.71. The van der Waals surface area contributed by atoms with Gasteiger partial charge in [0.2, 0.25) is 0 Å². The second kappa shape index (κ2) is 1.64. The van der Waals surface area contributed by atoms with Crippen molar-refractivity contribution in [3.05, 3.63) is 18.7 Å². The molecule has 1 heterocycles. The van der Waals surface area contributed by atoms with Crippen LogP contribution in [0.5, 0.6) is 0 Å². The van der Waals surface area contributed by atoms with E-state index in [-0.39, 0.29) is 0 Å². The molecule has 0 aliphatic rings. The summed E-state index contributed by atoms with van der Waals surface area (Å²) in [7, 11) is 1.80. The largest absolute Gasteiger partial charge is 0.327 e. The van der Waals surface area contributed by atoms with Gasteiger partial charge in [-0.15, -0.1) is 0 Å². The summed E-state index contributed by atoms with van der Waals surface area (Å²) in [4.78, 5) is 3.67. The molecule has 1 aromatic heterocycles. The molecule has 0 saturated heterocycles. The molecule has 37 valence electrons. The number of hydrogen-bond donors (Lipinski definition) is 1. The van der Waals surface area contributed by atoms with Gasteiger partial charge in [-0.1, -0.05) is 0 Å². The molecule has 1 N–H and O–H groups in total. The number of nitrogens with one attached hydrogen (secondary N) is 1. The van der Waals surface area contributed by atoms with Gasteiger partial charge in [0.05, 0.1) is 0 Å². The molecule has 0 unspecified atom stereocenters. The van der Waals surface area contributed by atoms with Crippen LogP contribution in [0, 0.1) is 6.33 Å². The number of rotatable bonds is 1. The van der Waals surface area contributed by atoms with Gasteiger partial charge in [0.1, 0.15) is 0 Å². The van der Waals surface area contributed by atoms with Gasteiger partial charge in [0, 0.05) is 19.4 Å². The Morgan fingerprint density at radius 2 is 2.71 bits per heavy atom. The highest BCUT2D eigenvalue weighted by molar-refractivity contribution is 4.75. The minimum absolute atomic E-state index is 1.64. The van der Waals surface area contributed by atoms with E-state index in [2.05, 4.69) is 16.7 Å². The minimum atomic E-state index is 1.64. The van der Waals surface area contributed by atoms with Crippen LogP contribution in [-0.4, -0.2) is 16.7 Å². The van der Waals surface area contributed by atoms with E-state index in [1.807, 2.05) is 0 Å². The predicted octanol–water partition coefficient (Wildman–Crippen LogP) is -0.143. The molecule has 7 heavy (non-hydrogen) atoms. The van der Waals surface area contributed by atoms with Gasteiger partial charge >= 0.3 is 0 Å². The van der Waals surface area contributed by atoms with Crippen LogP contribution in [-0.2, 0) is 0 Å². The van der Waals surface area contributed by atoms with Crippen molar-refractivity contribution in [2.24, 2.45) is 0 Å². The second-order valence-corrected chi connectivity index (χ2v) is 1.12. The van der Waals surface area contributed by atoms with Gasteiger partial charge in [-0.2, -0.15) is 0 Å². The van der Waals surface area contributed by atoms with Crippen molar-refractivity contribution in [3.8, 4) is 0 Å². The summed E-state index contributed by atoms with van der Waals surface area (Å²) in [5.74, 6) is 0. The maximum Gasteiger partial charge on any atom is 0.196 e. The topological polar surface area (TPSA) is 29.9 Å². The van der Waals surface area contributed by atoms with E-state index >= 15 is 0 Å². The molecule has 0 aliphatic heterocycles. The van der Waals surface area contributed by atoms with Gasteiger partial charge in [-0.25, -0.2) is 9.66 Å². The third-order valence-electron chi connectivity index (χ3n) is 0.697. The van der Waals surface area contributed by atoms with Crippen LogP contribution in [0.4, 0.5) is 0 Å². The zero-order valence-corrected chi connectivity index (χ0v) is 4.05. The Kier molecular flexibility index (Phi) is 0.978. The number of aromatic nitrogens is 2. The molecule has 0 amide bonds. The van der Waals surface area contributed by atoms with Crippen molar-refractivity contribution in [1.82, 2.24) is 9.66 Å². The van der Waals surface area contributed by atoms with Gasteiger partial charge < -0.3 is 5.43 Å². The molecule has 0 atom stereocenters. The van der Waals surface area contributed by atoms with Crippen LogP contribution in [0.3, 0.4) is 0 Å². The first-order chi connectivity index (χ1) is 3.43. The zero-order chi connectivity index (χ0) is 5.11. The first kappa shape index (κ1) is 4.18. The summed E-state index contributed by atoms with van der Waals surface area (Å²) in [6.45, 7) is 0. The summed E-state index contributed by atoms with van der Waals surface area (Å²) >= 11 is 0. The lowest BCUT2D eigenvalue weighted by molar-refractivity contribution is 0.913. The molecule has 3 nitrogen and oxygen atoms in total. The van der Waals surface area contributed by atoms with Crippen molar-refractivity contribution in [3.63, 3.8) is 0 Å². The summed E-state index contributed by atoms with van der Waals surface area (Å²) in [6, 6.07) is 0. The first-order valence-electron chi connectivity index (χ1n) is 2.02. The fourth-order valence-corrected chi connectivity index (χ4v) is 0.353. The van der Waals surface area contributed by atoms with E-state index in [1.165, 1.54) is 0 Å². The van der Waals surface area contributed by atoms with E-state index in [1.54, 1.807) is 24.1 Å². The lowest BCUT2D eigenvalue weighted by Gasteiger charge is -1.92. The van der Waals surface area contributed by atoms with Gasteiger partial charge in [0.15, 0.2) is 6.33 Å². The maximum atomic E-state index is 3.67. The van der Waals surface area contributed by atoms with Crippen LogP contribution < -0.4 is 5.43 Å². The smallest absolute Gasteiger partial charge is 0.196 e. The molecule has 1 radical (unpaired) electrons. The second-order valence-electron chi connectivity index (χ2n) is 1.12. The van der Waals surface area contributed by atoms with E-state index in [0.717, 1.165) is 0 Å². The summed E-state index contributed by atoms with van der Waals surface area (Å²) in [5.41, 5.74) is 2.81. The van der Waals surface area contributed by atoms with Crippen LogP contribution in [0.1, 0.15) is 0 Å². The fourth-order valence-electron chi connectivity index (χ4n) is 0.353. The van der Waals surface area contributed by atoms with Crippen LogP contribution in [0.2, 0.25) is 0 Å². The quantitative estimate of drug-likeness (QED) is 0.527. The number of nitrogens with zero attached hydrogens (tertiary/aromatic N) is 2. The molecule has 0 aliphatic carbocycles. The Labute approximate surface area is 42.0 Å². The average molecular weight is 96.1 g/mol. The van der Waals surface area contributed by atoms with Crippen LogP contribution in [0.15, 0.2) is 12.4 Å². The van der Waals surface area contributed by atoms with E-state index in [0.29, 0.717) is 0 Å². The Hall–Kier alpha value is -0.990. The van der Waals surface area contributed by atoms with Crippen molar-refractivity contribution in [1.29, 1.82) is 0 Å². The Morgan fingerprint density at radius 3 is 3.00 bits per heavy atom.